The number of nitrogens with one attached hydrogen (secondary N) is 1. The molecular formula is C25H30N2O6. The van der Waals surface area contributed by atoms with Crippen LogP contribution in [0.25, 0.3) is 5.57 Å². The van der Waals surface area contributed by atoms with Crippen molar-refractivity contribution in [3.63, 3.8) is 0 Å². The number of carbonyl (C=O) groups excluding carboxylic acids is 2. The summed E-state index contributed by atoms with van der Waals surface area (Å²) in [6, 6.07) is 12.4. The van der Waals surface area contributed by atoms with Crippen LogP contribution in [0, 0.1) is 0 Å². The van der Waals surface area contributed by atoms with Gasteiger partial charge in [0, 0.05) is 32.0 Å². The van der Waals surface area contributed by atoms with Crippen LogP contribution in [0.1, 0.15) is 25.3 Å². The molecule has 8 nitrogen and oxygen atoms in total. The second-order valence-electron chi connectivity index (χ2n) is 7.43. The largest absolute Gasteiger partial charge is 0.494 e. The molecule has 2 aromatic carbocycles. The van der Waals surface area contributed by atoms with Crippen molar-refractivity contribution in [3.05, 3.63) is 53.7 Å². The van der Waals surface area contributed by atoms with Crippen LogP contribution in [-0.4, -0.2) is 57.8 Å². The molecule has 0 fully saturated rings. The quantitative estimate of drug-likeness (QED) is 0.386. The Morgan fingerprint density at radius 3 is 2.24 bits per heavy atom. The van der Waals surface area contributed by atoms with E-state index in [1.807, 2.05) is 6.92 Å². The van der Waals surface area contributed by atoms with Gasteiger partial charge in [-0.05, 0) is 42.7 Å². The van der Waals surface area contributed by atoms with Gasteiger partial charge in [0.05, 0.1) is 26.4 Å². The third-order valence-electron chi connectivity index (χ3n) is 5.17. The average Bonchev–Trinajstić information content (AvgIpc) is 3.07. The number of amides is 2. The Morgan fingerprint density at radius 2 is 1.61 bits per heavy atom. The van der Waals surface area contributed by atoms with Crippen molar-refractivity contribution < 1.29 is 28.5 Å². The van der Waals surface area contributed by atoms with E-state index in [0.29, 0.717) is 53.7 Å². The lowest BCUT2D eigenvalue weighted by Gasteiger charge is -2.15. The highest BCUT2D eigenvalue weighted by Gasteiger charge is 2.39. The number of rotatable bonds is 12. The summed E-state index contributed by atoms with van der Waals surface area (Å²) < 4.78 is 21.4. The Bertz CT molecular complexity index is 1020. The van der Waals surface area contributed by atoms with Crippen molar-refractivity contribution in [2.24, 2.45) is 0 Å². The van der Waals surface area contributed by atoms with E-state index in [4.69, 9.17) is 18.9 Å². The molecule has 1 N–H and O–H groups in total. The normalized spacial score (nSPS) is 13.5. The molecule has 0 aliphatic carbocycles. The molecule has 0 saturated heterocycles. The van der Waals surface area contributed by atoms with Gasteiger partial charge < -0.3 is 24.3 Å². The minimum Gasteiger partial charge on any atom is -0.494 e. The fraction of sp³-hybridized carbons (Fsp3) is 0.360. The van der Waals surface area contributed by atoms with Crippen molar-refractivity contribution in [2.45, 2.75) is 19.8 Å². The molecule has 0 spiro atoms. The predicted molar refractivity (Wildman–Crippen MR) is 126 cm³/mol. The van der Waals surface area contributed by atoms with Crippen LogP contribution < -0.4 is 19.5 Å². The van der Waals surface area contributed by atoms with Gasteiger partial charge in [-0.1, -0.05) is 19.1 Å². The monoisotopic (exact) mass is 454 g/mol. The maximum Gasteiger partial charge on any atom is 0.278 e. The van der Waals surface area contributed by atoms with Gasteiger partial charge in [0.15, 0.2) is 11.5 Å². The molecule has 1 heterocycles. The van der Waals surface area contributed by atoms with E-state index in [-0.39, 0.29) is 24.1 Å². The summed E-state index contributed by atoms with van der Waals surface area (Å²) in [4.78, 5) is 27.8. The minimum atomic E-state index is -0.382. The van der Waals surface area contributed by atoms with Crippen LogP contribution in [0.3, 0.4) is 0 Å². The van der Waals surface area contributed by atoms with Gasteiger partial charge in [-0.25, -0.2) is 0 Å². The first kappa shape index (κ1) is 24.1. The molecule has 0 unspecified atom stereocenters. The second kappa shape index (κ2) is 11.4. The standard InChI is InChI=1S/C25H30N2O6/c1-5-14-33-19-10-7-17(8-11-19)22-23(25(29)27(24(22)28)13-6-15-30-2)26-18-9-12-20(31-3)21(16-18)32-4/h7-12,16,26H,5-6,13-15H2,1-4H3. The van der Waals surface area contributed by atoms with E-state index in [1.54, 1.807) is 56.7 Å². The van der Waals surface area contributed by atoms with E-state index >= 15 is 0 Å². The highest BCUT2D eigenvalue weighted by molar-refractivity contribution is 6.36. The number of benzene rings is 2. The molecule has 1 aliphatic heterocycles. The zero-order valence-electron chi connectivity index (χ0n) is 19.5. The maximum atomic E-state index is 13.3. The third kappa shape index (κ3) is 5.46. The first-order valence-corrected chi connectivity index (χ1v) is 10.9. The lowest BCUT2D eigenvalue weighted by molar-refractivity contribution is -0.137. The molecule has 0 radical (unpaired) electrons. The number of hydrogen-bond acceptors (Lipinski definition) is 7. The van der Waals surface area contributed by atoms with Gasteiger partial charge in [0.1, 0.15) is 11.4 Å². The summed E-state index contributed by atoms with van der Waals surface area (Å²) >= 11 is 0. The molecule has 2 amide bonds. The lowest BCUT2D eigenvalue weighted by Crippen LogP contribution is -2.33. The van der Waals surface area contributed by atoms with E-state index in [9.17, 15) is 9.59 Å². The smallest absolute Gasteiger partial charge is 0.278 e. The zero-order chi connectivity index (χ0) is 23.8. The summed E-state index contributed by atoms with van der Waals surface area (Å²) in [6.07, 6.45) is 1.45. The molecule has 2 aromatic rings. The van der Waals surface area contributed by atoms with Gasteiger partial charge in [0.25, 0.3) is 11.8 Å². The van der Waals surface area contributed by atoms with Crippen LogP contribution >= 0.6 is 0 Å². The summed E-state index contributed by atoms with van der Waals surface area (Å²) in [5, 5.41) is 3.13. The Kier molecular flexibility index (Phi) is 8.32. The molecule has 0 aromatic heterocycles. The van der Waals surface area contributed by atoms with Crippen LogP contribution in [0.5, 0.6) is 17.2 Å². The van der Waals surface area contributed by atoms with Gasteiger partial charge in [0.2, 0.25) is 0 Å². The fourth-order valence-corrected chi connectivity index (χ4v) is 3.53. The number of anilines is 1. The van der Waals surface area contributed by atoms with Gasteiger partial charge in [-0.2, -0.15) is 0 Å². The molecule has 8 heteroatoms. The minimum absolute atomic E-state index is 0.215. The number of imide groups is 1. The molecule has 1 aliphatic rings. The first-order valence-electron chi connectivity index (χ1n) is 10.9. The molecule has 33 heavy (non-hydrogen) atoms. The van der Waals surface area contributed by atoms with E-state index < -0.39 is 0 Å². The highest BCUT2D eigenvalue weighted by atomic mass is 16.5. The van der Waals surface area contributed by atoms with Crippen LogP contribution in [0.2, 0.25) is 0 Å². The molecule has 0 bridgehead atoms. The SMILES string of the molecule is CCCOc1ccc(C2=C(Nc3ccc(OC)c(OC)c3)C(=O)N(CCCOC)C2=O)cc1. The van der Waals surface area contributed by atoms with Gasteiger partial charge >= 0.3 is 0 Å². The lowest BCUT2D eigenvalue weighted by atomic mass is 10.0. The summed E-state index contributed by atoms with van der Waals surface area (Å²) in [5.74, 6) is 1.06. The average molecular weight is 455 g/mol. The molecule has 0 saturated carbocycles. The first-order chi connectivity index (χ1) is 16.0. The third-order valence-corrected chi connectivity index (χ3v) is 5.17. The van der Waals surface area contributed by atoms with E-state index in [2.05, 4.69) is 5.32 Å². The number of nitrogens with zero attached hydrogens (tertiary/aromatic N) is 1. The van der Waals surface area contributed by atoms with Crippen molar-refractivity contribution in [1.82, 2.24) is 4.90 Å². The Morgan fingerprint density at radius 1 is 0.879 bits per heavy atom. The van der Waals surface area contributed by atoms with Crippen molar-refractivity contribution in [1.29, 1.82) is 0 Å². The number of carbonyl (C=O) groups is 2. The summed E-state index contributed by atoms with van der Waals surface area (Å²) in [6.45, 7) is 3.36. The number of hydrogen-bond donors (Lipinski definition) is 1. The van der Waals surface area contributed by atoms with Gasteiger partial charge in [-0.3, -0.25) is 14.5 Å². The number of methoxy groups -OCH3 is 3. The second-order valence-corrected chi connectivity index (χ2v) is 7.43. The Hall–Kier alpha value is -3.52. The van der Waals surface area contributed by atoms with Crippen LogP contribution in [-0.2, 0) is 14.3 Å². The van der Waals surface area contributed by atoms with Crippen LogP contribution in [0.15, 0.2) is 48.2 Å². The van der Waals surface area contributed by atoms with E-state index in [1.165, 1.54) is 12.0 Å². The molecular weight excluding hydrogens is 424 g/mol. The topological polar surface area (TPSA) is 86.3 Å². The van der Waals surface area contributed by atoms with Crippen molar-refractivity contribution >= 4 is 23.1 Å². The maximum absolute atomic E-state index is 13.3. The number of ether oxygens (including phenoxy) is 4. The van der Waals surface area contributed by atoms with Crippen molar-refractivity contribution in [3.8, 4) is 17.2 Å². The summed E-state index contributed by atoms with van der Waals surface area (Å²) in [5.41, 5.74) is 1.76. The fourth-order valence-electron chi connectivity index (χ4n) is 3.53. The predicted octanol–water partition coefficient (Wildman–Crippen LogP) is 3.72. The molecule has 176 valence electrons. The zero-order valence-corrected chi connectivity index (χ0v) is 19.5. The van der Waals surface area contributed by atoms with Gasteiger partial charge in [-0.15, -0.1) is 0 Å². The Labute approximate surface area is 194 Å². The van der Waals surface area contributed by atoms with Crippen LogP contribution in [0.4, 0.5) is 5.69 Å². The van der Waals surface area contributed by atoms with Crippen molar-refractivity contribution in [2.75, 3.05) is 46.4 Å². The molecule has 0 atom stereocenters. The highest BCUT2D eigenvalue weighted by Crippen LogP contribution is 2.34. The Balaban J connectivity index is 1.97. The van der Waals surface area contributed by atoms with E-state index in [0.717, 1.165) is 6.42 Å². The molecule has 3 rings (SSSR count). The summed E-state index contributed by atoms with van der Waals surface area (Å²) in [7, 11) is 4.68.